The third kappa shape index (κ3) is 1.97. The SMILES string of the molecule is Cc1c2c(c(C)n1-c1ccccc1)C1(CCCCC1)NCC2. The molecule has 1 saturated carbocycles. The van der Waals surface area contributed by atoms with E-state index in [1.54, 1.807) is 11.1 Å². The van der Waals surface area contributed by atoms with Crippen molar-refractivity contribution in [3.05, 3.63) is 52.8 Å². The van der Waals surface area contributed by atoms with Crippen molar-refractivity contribution in [2.45, 2.75) is 57.9 Å². The van der Waals surface area contributed by atoms with E-state index in [4.69, 9.17) is 0 Å². The first-order valence-electron chi connectivity index (χ1n) is 8.75. The van der Waals surface area contributed by atoms with Gasteiger partial charge in [-0.25, -0.2) is 0 Å². The predicted molar refractivity (Wildman–Crippen MR) is 91.7 cm³/mol. The molecule has 2 nitrogen and oxygen atoms in total. The summed E-state index contributed by atoms with van der Waals surface area (Å²) in [5.74, 6) is 0. The summed E-state index contributed by atoms with van der Waals surface area (Å²) in [6.07, 6.45) is 7.90. The van der Waals surface area contributed by atoms with E-state index in [-0.39, 0.29) is 5.54 Å². The van der Waals surface area contributed by atoms with Crippen molar-refractivity contribution < 1.29 is 0 Å². The molecule has 0 amide bonds. The summed E-state index contributed by atoms with van der Waals surface area (Å²) in [4.78, 5) is 0. The fraction of sp³-hybridized carbons (Fsp3) is 0.500. The van der Waals surface area contributed by atoms with Gasteiger partial charge in [0.05, 0.1) is 0 Å². The van der Waals surface area contributed by atoms with Crippen LogP contribution in [0, 0.1) is 13.8 Å². The molecular formula is C20H26N2. The highest BCUT2D eigenvalue weighted by Crippen LogP contribution is 2.44. The highest BCUT2D eigenvalue weighted by molar-refractivity contribution is 5.50. The lowest BCUT2D eigenvalue weighted by atomic mass is 9.73. The van der Waals surface area contributed by atoms with Crippen LogP contribution in [-0.4, -0.2) is 11.1 Å². The average molecular weight is 294 g/mol. The molecule has 22 heavy (non-hydrogen) atoms. The van der Waals surface area contributed by atoms with Gasteiger partial charge in [0.2, 0.25) is 0 Å². The maximum atomic E-state index is 3.91. The molecule has 1 N–H and O–H groups in total. The Morgan fingerprint density at radius 1 is 0.955 bits per heavy atom. The highest BCUT2D eigenvalue weighted by Gasteiger charge is 2.41. The molecule has 1 fully saturated rings. The quantitative estimate of drug-likeness (QED) is 0.825. The molecule has 1 aromatic heterocycles. The molecule has 1 aromatic carbocycles. The summed E-state index contributed by atoms with van der Waals surface area (Å²) in [5, 5.41) is 3.91. The van der Waals surface area contributed by atoms with Crippen LogP contribution in [0.4, 0.5) is 0 Å². The first-order valence-corrected chi connectivity index (χ1v) is 8.75. The fourth-order valence-corrected chi connectivity index (χ4v) is 4.90. The Bertz CT molecular complexity index is 675. The molecule has 1 aliphatic carbocycles. The van der Waals surface area contributed by atoms with Crippen molar-refractivity contribution in [1.82, 2.24) is 9.88 Å². The van der Waals surface area contributed by atoms with Crippen LogP contribution in [0.5, 0.6) is 0 Å². The topological polar surface area (TPSA) is 17.0 Å². The van der Waals surface area contributed by atoms with E-state index in [0.717, 1.165) is 6.54 Å². The maximum absolute atomic E-state index is 3.91. The van der Waals surface area contributed by atoms with Crippen LogP contribution >= 0.6 is 0 Å². The Hall–Kier alpha value is -1.54. The first kappa shape index (κ1) is 14.1. The van der Waals surface area contributed by atoms with Gasteiger partial charge in [-0.2, -0.15) is 0 Å². The number of fused-ring (bicyclic) bond motifs is 2. The molecule has 1 spiro atoms. The monoisotopic (exact) mass is 294 g/mol. The van der Waals surface area contributed by atoms with Crippen molar-refractivity contribution in [3.63, 3.8) is 0 Å². The maximum Gasteiger partial charge on any atom is 0.0455 e. The number of hydrogen-bond acceptors (Lipinski definition) is 1. The second kappa shape index (κ2) is 5.27. The van der Waals surface area contributed by atoms with Crippen LogP contribution in [0.1, 0.15) is 54.6 Å². The van der Waals surface area contributed by atoms with Crippen LogP contribution in [0.25, 0.3) is 5.69 Å². The predicted octanol–water partition coefficient (Wildman–Crippen LogP) is 4.40. The summed E-state index contributed by atoms with van der Waals surface area (Å²) < 4.78 is 2.48. The smallest absolute Gasteiger partial charge is 0.0455 e. The third-order valence-corrected chi connectivity index (χ3v) is 5.81. The minimum absolute atomic E-state index is 0.251. The van der Waals surface area contributed by atoms with Gasteiger partial charge in [-0.05, 0) is 56.4 Å². The van der Waals surface area contributed by atoms with Gasteiger partial charge in [-0.3, -0.25) is 0 Å². The molecule has 0 radical (unpaired) electrons. The lowest BCUT2D eigenvalue weighted by molar-refractivity contribution is 0.222. The number of nitrogens with one attached hydrogen (secondary N) is 1. The number of nitrogens with zero attached hydrogens (tertiary/aromatic N) is 1. The van der Waals surface area contributed by atoms with Crippen molar-refractivity contribution in [2.75, 3.05) is 6.54 Å². The largest absolute Gasteiger partial charge is 0.318 e. The number of aromatic nitrogens is 1. The molecule has 0 bridgehead atoms. The molecular weight excluding hydrogens is 268 g/mol. The van der Waals surface area contributed by atoms with E-state index < -0.39 is 0 Å². The van der Waals surface area contributed by atoms with E-state index in [0.29, 0.717) is 0 Å². The Labute approximate surface area is 133 Å². The summed E-state index contributed by atoms with van der Waals surface area (Å²) in [6.45, 7) is 5.76. The van der Waals surface area contributed by atoms with Gasteiger partial charge in [0, 0.05) is 29.2 Å². The van der Waals surface area contributed by atoms with Crippen molar-refractivity contribution >= 4 is 0 Å². The zero-order valence-corrected chi connectivity index (χ0v) is 13.8. The summed E-state index contributed by atoms with van der Waals surface area (Å²) >= 11 is 0. The van der Waals surface area contributed by atoms with Crippen molar-refractivity contribution in [2.24, 2.45) is 0 Å². The van der Waals surface area contributed by atoms with Gasteiger partial charge in [0.15, 0.2) is 0 Å². The second-order valence-electron chi connectivity index (χ2n) is 7.01. The van der Waals surface area contributed by atoms with Gasteiger partial charge in [-0.1, -0.05) is 37.5 Å². The zero-order valence-electron chi connectivity index (χ0n) is 13.8. The average Bonchev–Trinajstić information content (AvgIpc) is 2.82. The van der Waals surface area contributed by atoms with E-state index in [1.165, 1.54) is 55.6 Å². The first-order chi connectivity index (χ1) is 10.7. The van der Waals surface area contributed by atoms with Crippen molar-refractivity contribution in [1.29, 1.82) is 0 Å². The molecule has 2 heteroatoms. The molecule has 0 saturated heterocycles. The Balaban J connectivity index is 1.91. The third-order valence-electron chi connectivity index (χ3n) is 5.81. The van der Waals surface area contributed by atoms with Crippen LogP contribution in [0.2, 0.25) is 0 Å². The lowest BCUT2D eigenvalue weighted by Gasteiger charge is -2.42. The van der Waals surface area contributed by atoms with Gasteiger partial charge >= 0.3 is 0 Å². The lowest BCUT2D eigenvalue weighted by Crippen LogP contribution is -2.48. The van der Waals surface area contributed by atoms with Crippen LogP contribution in [0.15, 0.2) is 30.3 Å². The van der Waals surface area contributed by atoms with Crippen LogP contribution in [0.3, 0.4) is 0 Å². The van der Waals surface area contributed by atoms with Gasteiger partial charge in [0.1, 0.15) is 0 Å². The van der Waals surface area contributed by atoms with Gasteiger partial charge in [0.25, 0.3) is 0 Å². The molecule has 1 aliphatic heterocycles. The summed E-state index contributed by atoms with van der Waals surface area (Å²) in [5.41, 5.74) is 7.69. The fourth-order valence-electron chi connectivity index (χ4n) is 4.90. The van der Waals surface area contributed by atoms with Crippen LogP contribution < -0.4 is 5.32 Å². The van der Waals surface area contributed by atoms with E-state index in [1.807, 2.05) is 0 Å². The highest BCUT2D eigenvalue weighted by atomic mass is 15.1. The molecule has 0 unspecified atom stereocenters. The molecule has 0 atom stereocenters. The second-order valence-corrected chi connectivity index (χ2v) is 7.01. The van der Waals surface area contributed by atoms with Crippen LogP contribution in [-0.2, 0) is 12.0 Å². The molecule has 116 valence electrons. The minimum atomic E-state index is 0.251. The molecule has 4 rings (SSSR count). The standard InChI is InChI=1S/C20H26N2/c1-15-18-11-14-21-20(12-7-4-8-13-20)19(18)16(2)22(15)17-9-5-3-6-10-17/h3,5-6,9-10,21H,4,7-8,11-14H2,1-2H3. The number of benzene rings is 1. The van der Waals surface area contributed by atoms with Gasteiger partial charge in [-0.15, -0.1) is 0 Å². The van der Waals surface area contributed by atoms with Crippen molar-refractivity contribution in [3.8, 4) is 5.69 Å². The van der Waals surface area contributed by atoms with E-state index in [9.17, 15) is 0 Å². The molecule has 2 aliphatic rings. The van der Waals surface area contributed by atoms with E-state index >= 15 is 0 Å². The molecule has 2 aromatic rings. The minimum Gasteiger partial charge on any atom is -0.318 e. The normalized spacial score (nSPS) is 20.1. The number of para-hydroxylation sites is 1. The Kier molecular flexibility index (Phi) is 3.37. The number of rotatable bonds is 1. The summed E-state index contributed by atoms with van der Waals surface area (Å²) in [6, 6.07) is 10.8. The summed E-state index contributed by atoms with van der Waals surface area (Å²) in [7, 11) is 0. The Morgan fingerprint density at radius 2 is 1.68 bits per heavy atom. The zero-order chi connectivity index (χ0) is 15.2. The van der Waals surface area contributed by atoms with E-state index in [2.05, 4.69) is 54.1 Å². The van der Waals surface area contributed by atoms with Gasteiger partial charge < -0.3 is 9.88 Å². The number of hydrogen-bond donors (Lipinski definition) is 1. The Morgan fingerprint density at radius 3 is 2.41 bits per heavy atom. The molecule has 2 heterocycles.